The summed E-state index contributed by atoms with van der Waals surface area (Å²) in [6, 6.07) is 17.4. The van der Waals surface area contributed by atoms with Crippen LogP contribution < -0.4 is 14.8 Å². The number of methoxy groups -OCH3 is 1. The number of nitrogens with one attached hydrogen (secondary N) is 2. The van der Waals surface area contributed by atoms with E-state index in [0.717, 1.165) is 5.56 Å². The van der Waals surface area contributed by atoms with Crippen molar-refractivity contribution in [3.05, 3.63) is 94.8 Å². The molecule has 174 valence electrons. The van der Waals surface area contributed by atoms with E-state index in [9.17, 15) is 17.6 Å². The average molecular weight is 491 g/mol. The Morgan fingerprint density at radius 1 is 1.06 bits per heavy atom. The van der Waals surface area contributed by atoms with Gasteiger partial charge in [-0.3, -0.25) is 4.79 Å². The maximum atomic E-state index is 13.2. The van der Waals surface area contributed by atoms with Crippen LogP contribution in [0.1, 0.15) is 24.1 Å². The van der Waals surface area contributed by atoms with E-state index in [1.54, 1.807) is 43.3 Å². The molecule has 0 aliphatic rings. The SMILES string of the molecule is COc1ccc(Cl)cc1S(=O)(=O)N[C@@H](Cc1ccccc1)C(=O)N[C@H](C)c1ccc(F)cc1. The number of rotatable bonds is 9. The van der Waals surface area contributed by atoms with Crippen molar-refractivity contribution in [1.82, 2.24) is 10.0 Å². The van der Waals surface area contributed by atoms with Gasteiger partial charge in [-0.25, -0.2) is 12.8 Å². The Hall–Kier alpha value is -2.94. The molecule has 0 saturated carbocycles. The fourth-order valence-corrected chi connectivity index (χ4v) is 4.92. The minimum atomic E-state index is -4.17. The van der Waals surface area contributed by atoms with Crippen molar-refractivity contribution in [2.24, 2.45) is 0 Å². The summed E-state index contributed by atoms with van der Waals surface area (Å²) in [5.41, 5.74) is 1.45. The first-order valence-electron chi connectivity index (χ1n) is 10.1. The summed E-state index contributed by atoms with van der Waals surface area (Å²) in [6.45, 7) is 1.74. The molecule has 3 aromatic rings. The zero-order valence-electron chi connectivity index (χ0n) is 18.1. The first-order chi connectivity index (χ1) is 15.7. The molecule has 33 heavy (non-hydrogen) atoms. The van der Waals surface area contributed by atoms with Gasteiger partial charge in [-0.15, -0.1) is 0 Å². The van der Waals surface area contributed by atoms with Crippen molar-refractivity contribution in [2.75, 3.05) is 7.11 Å². The van der Waals surface area contributed by atoms with Gasteiger partial charge in [0.2, 0.25) is 15.9 Å². The van der Waals surface area contributed by atoms with Crippen LogP contribution in [0.25, 0.3) is 0 Å². The van der Waals surface area contributed by atoms with Gasteiger partial charge in [0.05, 0.1) is 13.2 Å². The van der Waals surface area contributed by atoms with E-state index in [2.05, 4.69) is 10.0 Å². The van der Waals surface area contributed by atoms with Gasteiger partial charge >= 0.3 is 0 Å². The van der Waals surface area contributed by atoms with Gasteiger partial charge in [-0.1, -0.05) is 54.1 Å². The monoisotopic (exact) mass is 490 g/mol. The Balaban J connectivity index is 1.88. The summed E-state index contributed by atoms with van der Waals surface area (Å²) in [6.07, 6.45) is 0.116. The number of carbonyl (C=O) groups is 1. The molecule has 0 heterocycles. The third kappa shape index (κ3) is 6.54. The van der Waals surface area contributed by atoms with Gasteiger partial charge in [-0.05, 0) is 54.8 Å². The molecule has 0 aromatic heterocycles. The molecule has 0 bridgehead atoms. The molecule has 0 spiro atoms. The van der Waals surface area contributed by atoms with Crippen LogP contribution in [0.2, 0.25) is 5.02 Å². The Morgan fingerprint density at radius 2 is 1.73 bits per heavy atom. The van der Waals surface area contributed by atoms with Crippen LogP contribution in [-0.4, -0.2) is 27.5 Å². The summed E-state index contributed by atoms with van der Waals surface area (Å²) >= 11 is 6.00. The summed E-state index contributed by atoms with van der Waals surface area (Å²) in [5.74, 6) is -0.812. The van der Waals surface area contributed by atoms with Crippen molar-refractivity contribution in [2.45, 2.75) is 30.3 Å². The van der Waals surface area contributed by atoms with E-state index in [1.165, 1.54) is 37.4 Å². The second kappa shape index (κ2) is 10.8. The second-order valence-corrected chi connectivity index (χ2v) is 9.56. The number of hydrogen-bond donors (Lipinski definition) is 2. The number of ether oxygens (including phenoxy) is 1. The summed E-state index contributed by atoms with van der Waals surface area (Å²) in [7, 11) is -2.82. The third-order valence-electron chi connectivity index (χ3n) is 5.04. The minimum absolute atomic E-state index is 0.102. The lowest BCUT2D eigenvalue weighted by atomic mass is 10.0. The fraction of sp³-hybridized carbons (Fsp3) is 0.208. The number of benzene rings is 3. The van der Waals surface area contributed by atoms with Crippen molar-refractivity contribution >= 4 is 27.5 Å². The highest BCUT2D eigenvalue weighted by Gasteiger charge is 2.29. The third-order valence-corrected chi connectivity index (χ3v) is 6.77. The average Bonchev–Trinajstić information content (AvgIpc) is 2.79. The smallest absolute Gasteiger partial charge is 0.245 e. The van der Waals surface area contributed by atoms with E-state index in [1.807, 2.05) is 6.07 Å². The highest BCUT2D eigenvalue weighted by atomic mass is 35.5. The Labute approximate surface area is 197 Å². The molecule has 0 radical (unpaired) electrons. The van der Waals surface area contributed by atoms with Crippen LogP contribution in [0.15, 0.2) is 77.7 Å². The summed E-state index contributed by atoms with van der Waals surface area (Å²) in [5, 5.41) is 3.02. The van der Waals surface area contributed by atoms with E-state index >= 15 is 0 Å². The van der Waals surface area contributed by atoms with E-state index < -0.39 is 28.0 Å². The molecular formula is C24H24ClFN2O4S. The zero-order chi connectivity index (χ0) is 24.0. The lowest BCUT2D eigenvalue weighted by molar-refractivity contribution is -0.123. The van der Waals surface area contributed by atoms with Gasteiger partial charge in [0.25, 0.3) is 0 Å². The molecular weight excluding hydrogens is 467 g/mol. The van der Waals surface area contributed by atoms with Crippen molar-refractivity contribution < 1.29 is 22.3 Å². The summed E-state index contributed by atoms with van der Waals surface area (Å²) < 4.78 is 47.3. The predicted octanol–water partition coefficient (Wildman–Crippen LogP) is 4.25. The lowest BCUT2D eigenvalue weighted by Gasteiger charge is -2.22. The van der Waals surface area contributed by atoms with Crippen LogP contribution in [0.3, 0.4) is 0 Å². The quantitative estimate of drug-likeness (QED) is 0.469. The molecule has 0 fully saturated rings. The Bertz CT molecular complexity index is 1200. The molecule has 0 saturated heterocycles. The van der Waals surface area contributed by atoms with Crippen LogP contribution in [0.4, 0.5) is 4.39 Å². The highest BCUT2D eigenvalue weighted by molar-refractivity contribution is 7.89. The van der Waals surface area contributed by atoms with Gasteiger partial charge in [0, 0.05) is 5.02 Å². The van der Waals surface area contributed by atoms with E-state index in [0.29, 0.717) is 5.56 Å². The lowest BCUT2D eigenvalue weighted by Crippen LogP contribution is -2.48. The fourth-order valence-electron chi connectivity index (χ4n) is 3.30. The number of sulfonamides is 1. The first kappa shape index (κ1) is 24.7. The van der Waals surface area contributed by atoms with Gasteiger partial charge < -0.3 is 10.1 Å². The first-order valence-corrected chi connectivity index (χ1v) is 12.0. The van der Waals surface area contributed by atoms with Crippen molar-refractivity contribution in [3.63, 3.8) is 0 Å². The topological polar surface area (TPSA) is 84.5 Å². The van der Waals surface area contributed by atoms with E-state index in [-0.39, 0.29) is 27.9 Å². The Kier molecular flexibility index (Phi) is 8.07. The zero-order valence-corrected chi connectivity index (χ0v) is 19.7. The highest BCUT2D eigenvalue weighted by Crippen LogP contribution is 2.27. The number of halogens is 2. The standard InChI is InChI=1S/C24H24ClFN2O4S/c1-16(18-8-11-20(26)12-9-18)27-24(29)21(14-17-6-4-3-5-7-17)28-33(30,31)23-15-19(25)10-13-22(23)32-2/h3-13,15-16,21,28H,14H2,1-2H3,(H,27,29)/t16-,21+/m1/s1. The maximum Gasteiger partial charge on any atom is 0.245 e. The van der Waals surface area contributed by atoms with Crippen LogP contribution in [-0.2, 0) is 21.2 Å². The summed E-state index contributed by atoms with van der Waals surface area (Å²) in [4.78, 5) is 13.0. The van der Waals surface area contributed by atoms with Crippen LogP contribution in [0.5, 0.6) is 5.75 Å². The number of carbonyl (C=O) groups excluding carboxylic acids is 1. The normalized spacial score (nSPS) is 13.2. The molecule has 0 aliphatic carbocycles. The molecule has 6 nitrogen and oxygen atoms in total. The molecule has 0 aliphatic heterocycles. The molecule has 1 amide bonds. The predicted molar refractivity (Wildman–Crippen MR) is 125 cm³/mol. The maximum absolute atomic E-state index is 13.2. The van der Waals surface area contributed by atoms with Gasteiger partial charge in [0.1, 0.15) is 22.5 Å². The molecule has 3 rings (SSSR count). The number of hydrogen-bond acceptors (Lipinski definition) is 4. The number of amides is 1. The molecule has 2 N–H and O–H groups in total. The minimum Gasteiger partial charge on any atom is -0.495 e. The van der Waals surface area contributed by atoms with Crippen LogP contribution >= 0.6 is 11.6 Å². The van der Waals surface area contributed by atoms with Crippen molar-refractivity contribution in [1.29, 1.82) is 0 Å². The molecule has 0 unspecified atom stereocenters. The molecule has 3 aromatic carbocycles. The second-order valence-electron chi connectivity index (χ2n) is 7.44. The van der Waals surface area contributed by atoms with Gasteiger partial charge in [0.15, 0.2) is 0 Å². The van der Waals surface area contributed by atoms with Crippen molar-refractivity contribution in [3.8, 4) is 5.75 Å². The Morgan fingerprint density at radius 3 is 2.36 bits per heavy atom. The van der Waals surface area contributed by atoms with Gasteiger partial charge in [-0.2, -0.15) is 4.72 Å². The van der Waals surface area contributed by atoms with Crippen LogP contribution in [0, 0.1) is 5.82 Å². The van der Waals surface area contributed by atoms with E-state index in [4.69, 9.17) is 16.3 Å². The molecule has 2 atom stereocenters. The molecule has 9 heteroatoms. The largest absolute Gasteiger partial charge is 0.495 e.